The van der Waals surface area contributed by atoms with Crippen molar-refractivity contribution in [1.29, 1.82) is 0 Å². The second-order valence-electron chi connectivity index (χ2n) is 12.2. The maximum atomic E-state index is 10.5. The predicted molar refractivity (Wildman–Crippen MR) is 170 cm³/mol. The number of nitrogens with one attached hydrogen (secondary N) is 1. The van der Waals surface area contributed by atoms with Gasteiger partial charge in [-0.25, -0.2) is 5.01 Å². The van der Waals surface area contributed by atoms with E-state index in [0.717, 1.165) is 25.7 Å². The molecule has 0 rings (SSSR count). The van der Waals surface area contributed by atoms with Crippen LogP contribution in [0, 0.1) is 0 Å². The summed E-state index contributed by atoms with van der Waals surface area (Å²) >= 11 is 0. The first-order chi connectivity index (χ1) is 19.1. The molecule has 0 aliphatic heterocycles. The number of rotatable bonds is 33. The van der Waals surface area contributed by atoms with Crippen LogP contribution < -0.4 is 5.43 Å². The summed E-state index contributed by atoms with van der Waals surface area (Å²) in [7, 11) is 0. The van der Waals surface area contributed by atoms with Crippen LogP contribution in [0.5, 0.6) is 0 Å². The summed E-state index contributed by atoms with van der Waals surface area (Å²) in [5.41, 5.74) is 3.25. The fraction of sp³-hybridized carbons (Fsp3) is 1.00. The zero-order valence-electron chi connectivity index (χ0n) is 26.7. The minimum absolute atomic E-state index is 0.0488. The first-order valence-corrected chi connectivity index (χ1v) is 17.6. The number of hydrazine groups is 1. The van der Waals surface area contributed by atoms with Gasteiger partial charge in [0.2, 0.25) is 0 Å². The molecular weight excluding hydrogens is 484 g/mol. The molecule has 0 saturated heterocycles. The van der Waals surface area contributed by atoms with E-state index in [4.69, 9.17) is 0 Å². The summed E-state index contributed by atoms with van der Waals surface area (Å²) in [4.78, 5) is 0. The molecule has 0 aliphatic rings. The highest BCUT2D eigenvalue weighted by molar-refractivity contribution is 4.65. The summed E-state index contributed by atoms with van der Waals surface area (Å²) in [5, 5.41) is 32.1. The normalized spacial score (nSPS) is 13.4. The number of nitrogens with zero attached hydrogens (tertiary/aromatic N) is 1. The summed E-state index contributed by atoms with van der Waals surface area (Å²) in [6.45, 7) is 6.06. The fourth-order valence-corrected chi connectivity index (χ4v) is 5.48. The third kappa shape index (κ3) is 30.6. The van der Waals surface area contributed by atoms with Gasteiger partial charge in [-0.2, -0.15) is 0 Å². The van der Waals surface area contributed by atoms with Gasteiger partial charge in [0.25, 0.3) is 0 Å². The van der Waals surface area contributed by atoms with Crippen LogP contribution in [0.3, 0.4) is 0 Å². The smallest absolute Gasteiger partial charge is 0.0681 e. The average Bonchev–Trinajstić information content (AvgIpc) is 2.93. The molecule has 0 spiro atoms. The summed E-state index contributed by atoms with van der Waals surface area (Å²) in [5.74, 6) is 0. The molecule has 2 unspecified atom stereocenters. The van der Waals surface area contributed by atoms with Crippen molar-refractivity contribution < 1.29 is 15.3 Å². The zero-order valence-corrected chi connectivity index (χ0v) is 26.7. The Kier molecular flexibility index (Phi) is 32.2. The Hall–Kier alpha value is -0.200. The topological polar surface area (TPSA) is 76.0 Å². The molecular formula is C34H72N2O3. The Morgan fingerprint density at radius 2 is 0.821 bits per heavy atom. The maximum absolute atomic E-state index is 10.5. The van der Waals surface area contributed by atoms with Gasteiger partial charge in [-0.05, 0) is 12.8 Å². The number of aliphatic hydroxyl groups excluding tert-OH is 3. The molecule has 0 aliphatic carbocycles. The molecule has 0 saturated carbocycles. The Bertz CT molecular complexity index is 452. The second kappa shape index (κ2) is 32.3. The van der Waals surface area contributed by atoms with E-state index < -0.39 is 0 Å². The van der Waals surface area contributed by atoms with Gasteiger partial charge < -0.3 is 15.3 Å². The van der Waals surface area contributed by atoms with Gasteiger partial charge in [0.1, 0.15) is 0 Å². The lowest BCUT2D eigenvalue weighted by molar-refractivity contribution is 0.0448. The molecule has 0 heterocycles. The zero-order chi connectivity index (χ0) is 28.7. The molecule has 236 valence electrons. The van der Waals surface area contributed by atoms with Crippen molar-refractivity contribution in [1.82, 2.24) is 10.4 Å². The van der Waals surface area contributed by atoms with E-state index in [0.29, 0.717) is 19.6 Å². The third-order valence-electron chi connectivity index (χ3n) is 8.13. The highest BCUT2D eigenvalue weighted by Crippen LogP contribution is 2.14. The Balaban J connectivity index is 3.64. The molecule has 0 aromatic carbocycles. The van der Waals surface area contributed by atoms with E-state index in [1.165, 1.54) is 141 Å². The third-order valence-corrected chi connectivity index (χ3v) is 8.13. The van der Waals surface area contributed by atoms with Crippen molar-refractivity contribution in [3.05, 3.63) is 0 Å². The van der Waals surface area contributed by atoms with Crippen LogP contribution in [0.2, 0.25) is 0 Å². The van der Waals surface area contributed by atoms with Crippen LogP contribution in [0.15, 0.2) is 0 Å². The average molecular weight is 557 g/mol. The van der Waals surface area contributed by atoms with Crippen molar-refractivity contribution in [2.24, 2.45) is 0 Å². The second-order valence-corrected chi connectivity index (χ2v) is 12.2. The molecule has 5 heteroatoms. The van der Waals surface area contributed by atoms with Gasteiger partial charge in [-0.1, -0.05) is 168 Å². The first-order valence-electron chi connectivity index (χ1n) is 17.6. The van der Waals surface area contributed by atoms with Crippen molar-refractivity contribution >= 4 is 0 Å². The number of hydrogen-bond donors (Lipinski definition) is 4. The van der Waals surface area contributed by atoms with Crippen molar-refractivity contribution in [3.8, 4) is 0 Å². The van der Waals surface area contributed by atoms with Gasteiger partial charge in [0, 0.05) is 19.6 Å². The molecule has 0 bridgehead atoms. The van der Waals surface area contributed by atoms with Gasteiger partial charge in [0.15, 0.2) is 0 Å². The van der Waals surface area contributed by atoms with Gasteiger partial charge in [-0.15, -0.1) is 0 Å². The standard InChI is InChI=1S/C34H72N2O3/c1-3-5-7-9-11-13-15-17-19-21-23-25-27-33(38)31-35-36(29-30-37)32-34(39)28-26-24-22-20-18-16-14-12-10-8-6-4-2/h33-35,37-39H,3-32H2,1-2H3. The van der Waals surface area contributed by atoms with Crippen LogP contribution in [0.25, 0.3) is 0 Å². The number of aliphatic hydroxyl groups is 3. The van der Waals surface area contributed by atoms with Crippen LogP contribution in [-0.2, 0) is 0 Å². The number of hydrogen-bond acceptors (Lipinski definition) is 5. The van der Waals surface area contributed by atoms with E-state index in [-0.39, 0.29) is 18.8 Å². The van der Waals surface area contributed by atoms with E-state index in [9.17, 15) is 15.3 Å². The minimum atomic E-state index is -0.388. The van der Waals surface area contributed by atoms with Crippen molar-refractivity contribution in [2.45, 2.75) is 193 Å². The monoisotopic (exact) mass is 557 g/mol. The molecule has 0 amide bonds. The van der Waals surface area contributed by atoms with Crippen molar-refractivity contribution in [3.63, 3.8) is 0 Å². The lowest BCUT2D eigenvalue weighted by Gasteiger charge is -2.26. The largest absolute Gasteiger partial charge is 0.395 e. The fourth-order valence-electron chi connectivity index (χ4n) is 5.48. The Morgan fingerprint density at radius 1 is 0.487 bits per heavy atom. The highest BCUT2D eigenvalue weighted by Gasteiger charge is 2.13. The Labute approximate surface area is 244 Å². The van der Waals surface area contributed by atoms with Crippen LogP contribution in [-0.4, -0.2) is 58.8 Å². The first kappa shape index (κ1) is 38.8. The number of unbranched alkanes of at least 4 members (excludes halogenated alkanes) is 22. The molecule has 2 atom stereocenters. The van der Waals surface area contributed by atoms with E-state index >= 15 is 0 Å². The minimum Gasteiger partial charge on any atom is -0.395 e. The SMILES string of the molecule is CCCCCCCCCCCCCCC(O)CNN(CCO)CC(O)CCCCCCCCCCCCCC. The van der Waals surface area contributed by atoms with Crippen LogP contribution in [0.4, 0.5) is 0 Å². The molecule has 5 nitrogen and oxygen atoms in total. The van der Waals surface area contributed by atoms with Crippen LogP contribution >= 0.6 is 0 Å². The molecule has 0 aromatic rings. The van der Waals surface area contributed by atoms with Gasteiger partial charge >= 0.3 is 0 Å². The predicted octanol–water partition coefficient (Wildman–Crippen LogP) is 8.69. The van der Waals surface area contributed by atoms with E-state index in [1.807, 2.05) is 5.01 Å². The molecule has 0 aromatic heterocycles. The van der Waals surface area contributed by atoms with Crippen LogP contribution in [0.1, 0.15) is 181 Å². The molecule has 0 fully saturated rings. The lowest BCUT2D eigenvalue weighted by atomic mass is 10.0. The van der Waals surface area contributed by atoms with Gasteiger partial charge in [0.05, 0.1) is 18.8 Å². The summed E-state index contributed by atoms with van der Waals surface area (Å²) in [6, 6.07) is 0. The quantitative estimate of drug-likeness (QED) is 0.0480. The molecule has 0 radical (unpaired) electrons. The van der Waals surface area contributed by atoms with Crippen molar-refractivity contribution in [2.75, 3.05) is 26.2 Å². The summed E-state index contributed by atoms with van der Waals surface area (Å²) < 4.78 is 0. The highest BCUT2D eigenvalue weighted by atomic mass is 16.3. The lowest BCUT2D eigenvalue weighted by Crippen LogP contribution is -2.47. The molecule has 39 heavy (non-hydrogen) atoms. The molecule has 4 N–H and O–H groups in total. The Morgan fingerprint density at radius 3 is 1.18 bits per heavy atom. The van der Waals surface area contributed by atoms with E-state index in [2.05, 4.69) is 19.3 Å². The van der Waals surface area contributed by atoms with E-state index in [1.54, 1.807) is 0 Å². The summed E-state index contributed by atoms with van der Waals surface area (Å²) in [6.07, 6.45) is 32.7. The van der Waals surface area contributed by atoms with Gasteiger partial charge in [-0.3, -0.25) is 5.43 Å². The maximum Gasteiger partial charge on any atom is 0.0681 e.